The van der Waals surface area contributed by atoms with E-state index in [4.69, 9.17) is 11.6 Å². The van der Waals surface area contributed by atoms with Gasteiger partial charge in [0.25, 0.3) is 0 Å². The molecule has 0 N–H and O–H groups in total. The number of aryl methyl sites for hydroxylation is 1. The quantitative estimate of drug-likeness (QED) is 0.684. The summed E-state index contributed by atoms with van der Waals surface area (Å²) >= 11 is 5.92. The first-order chi connectivity index (χ1) is 6.67. The van der Waals surface area contributed by atoms with E-state index < -0.39 is 0 Å². The fourth-order valence-electron chi connectivity index (χ4n) is 1.16. The van der Waals surface area contributed by atoms with Crippen LogP contribution in [0, 0.1) is 6.92 Å². The maximum absolute atomic E-state index is 5.92. The molecule has 0 radical (unpaired) electrons. The van der Waals surface area contributed by atoms with Crippen molar-refractivity contribution in [1.29, 1.82) is 0 Å². The van der Waals surface area contributed by atoms with Crippen molar-refractivity contribution in [3.05, 3.63) is 59.9 Å². The van der Waals surface area contributed by atoms with Crippen molar-refractivity contribution in [1.82, 2.24) is 4.98 Å². The zero-order valence-corrected chi connectivity index (χ0v) is 8.88. The third-order valence-electron chi connectivity index (χ3n) is 1.73. The molecule has 0 saturated carbocycles. The summed E-state index contributed by atoms with van der Waals surface area (Å²) in [5, 5.41) is 0.685. The molecule has 2 heteroatoms. The lowest BCUT2D eigenvalue weighted by Gasteiger charge is -2.02. The first-order valence-corrected chi connectivity index (χ1v) is 4.65. The Kier molecular flexibility index (Phi) is 3.66. The van der Waals surface area contributed by atoms with Crippen molar-refractivity contribution in [3.8, 4) is 0 Å². The van der Waals surface area contributed by atoms with Crippen LogP contribution in [-0.4, -0.2) is 4.98 Å². The van der Waals surface area contributed by atoms with Gasteiger partial charge >= 0.3 is 0 Å². The minimum absolute atomic E-state index is 0.685. The number of rotatable bonds is 3. The van der Waals surface area contributed by atoms with Crippen LogP contribution in [-0.2, 0) is 0 Å². The molecule has 0 spiro atoms. The van der Waals surface area contributed by atoms with E-state index in [2.05, 4.69) is 18.1 Å². The van der Waals surface area contributed by atoms with Gasteiger partial charge in [0.1, 0.15) is 0 Å². The van der Waals surface area contributed by atoms with Crippen molar-refractivity contribution < 1.29 is 0 Å². The number of aromatic nitrogens is 1. The summed E-state index contributed by atoms with van der Waals surface area (Å²) in [5.74, 6) is 0. The van der Waals surface area contributed by atoms with Gasteiger partial charge in [-0.25, -0.2) is 0 Å². The molecule has 0 amide bonds. The molecule has 0 aliphatic heterocycles. The zero-order valence-electron chi connectivity index (χ0n) is 8.13. The van der Waals surface area contributed by atoms with Gasteiger partial charge in [-0.2, -0.15) is 0 Å². The summed E-state index contributed by atoms with van der Waals surface area (Å²) < 4.78 is 0. The highest BCUT2D eigenvalue weighted by Gasteiger charge is 2.00. The number of allylic oxidation sites excluding steroid dienone is 4. The molecule has 0 fully saturated rings. The molecule has 1 aromatic heterocycles. The number of halogens is 1. The van der Waals surface area contributed by atoms with Gasteiger partial charge in [0, 0.05) is 10.7 Å². The molecule has 1 rings (SSSR count). The molecule has 14 heavy (non-hydrogen) atoms. The summed E-state index contributed by atoms with van der Waals surface area (Å²) in [6.45, 7) is 9.26. The molecule has 0 atom stereocenters. The Bertz CT molecular complexity index is 371. The predicted molar refractivity (Wildman–Crippen MR) is 62.4 cm³/mol. The van der Waals surface area contributed by atoms with E-state index >= 15 is 0 Å². The molecule has 0 aliphatic rings. The molecular formula is C12H12ClN. The third kappa shape index (κ3) is 2.57. The van der Waals surface area contributed by atoms with E-state index in [-0.39, 0.29) is 0 Å². The van der Waals surface area contributed by atoms with E-state index in [0.29, 0.717) is 5.02 Å². The molecule has 1 nitrogen and oxygen atoms in total. The fourth-order valence-corrected chi connectivity index (χ4v) is 1.42. The SMILES string of the molecule is C=C/C=C(\C=C)c1cc(Cl)cc(C)n1. The largest absolute Gasteiger partial charge is 0.253 e. The Morgan fingerprint density at radius 3 is 2.64 bits per heavy atom. The number of pyridine rings is 1. The molecule has 1 heterocycles. The third-order valence-corrected chi connectivity index (χ3v) is 1.95. The summed E-state index contributed by atoms with van der Waals surface area (Å²) in [6, 6.07) is 3.63. The van der Waals surface area contributed by atoms with Gasteiger partial charge in [0.05, 0.1) is 5.69 Å². The van der Waals surface area contributed by atoms with Gasteiger partial charge < -0.3 is 0 Å². The lowest BCUT2D eigenvalue weighted by molar-refractivity contribution is 1.17. The van der Waals surface area contributed by atoms with Crippen molar-refractivity contribution in [2.45, 2.75) is 6.92 Å². The summed E-state index contributed by atoms with van der Waals surface area (Å²) in [7, 11) is 0. The van der Waals surface area contributed by atoms with E-state index in [1.807, 2.05) is 25.1 Å². The zero-order chi connectivity index (χ0) is 10.6. The molecule has 0 bridgehead atoms. The van der Waals surface area contributed by atoms with Crippen molar-refractivity contribution in [2.24, 2.45) is 0 Å². The number of nitrogens with zero attached hydrogens (tertiary/aromatic N) is 1. The monoisotopic (exact) mass is 205 g/mol. The van der Waals surface area contributed by atoms with Crippen LogP contribution < -0.4 is 0 Å². The summed E-state index contributed by atoms with van der Waals surface area (Å²) in [6.07, 6.45) is 5.29. The van der Waals surface area contributed by atoms with Crippen LogP contribution in [0.2, 0.25) is 5.02 Å². The molecule has 0 aromatic carbocycles. The van der Waals surface area contributed by atoms with Crippen LogP contribution >= 0.6 is 11.6 Å². The Hall–Kier alpha value is -1.34. The van der Waals surface area contributed by atoms with Crippen molar-refractivity contribution >= 4 is 17.2 Å². The van der Waals surface area contributed by atoms with Gasteiger partial charge in [0.15, 0.2) is 0 Å². The van der Waals surface area contributed by atoms with Gasteiger partial charge in [-0.05, 0) is 24.6 Å². The number of hydrogen-bond donors (Lipinski definition) is 0. The minimum Gasteiger partial charge on any atom is -0.253 e. The van der Waals surface area contributed by atoms with Gasteiger partial charge in [0.2, 0.25) is 0 Å². The fraction of sp³-hybridized carbons (Fsp3) is 0.0833. The lowest BCUT2D eigenvalue weighted by Crippen LogP contribution is -1.89. The van der Waals surface area contributed by atoms with Crippen LogP contribution in [0.4, 0.5) is 0 Å². The van der Waals surface area contributed by atoms with Crippen LogP contribution in [0.15, 0.2) is 43.5 Å². The Balaban J connectivity index is 3.23. The molecule has 1 aromatic rings. The number of hydrogen-bond acceptors (Lipinski definition) is 1. The van der Waals surface area contributed by atoms with Crippen molar-refractivity contribution in [2.75, 3.05) is 0 Å². The van der Waals surface area contributed by atoms with Crippen molar-refractivity contribution in [3.63, 3.8) is 0 Å². The van der Waals surface area contributed by atoms with Gasteiger partial charge in [-0.1, -0.05) is 43.0 Å². The summed E-state index contributed by atoms with van der Waals surface area (Å²) in [5.41, 5.74) is 2.64. The molecule has 0 aliphatic carbocycles. The normalized spacial score (nSPS) is 11.1. The lowest BCUT2D eigenvalue weighted by atomic mass is 10.1. The topological polar surface area (TPSA) is 12.9 Å². The maximum atomic E-state index is 5.92. The first kappa shape index (κ1) is 10.7. The maximum Gasteiger partial charge on any atom is 0.0719 e. The van der Waals surface area contributed by atoms with Crippen LogP contribution in [0.3, 0.4) is 0 Å². The average molecular weight is 206 g/mol. The molecule has 72 valence electrons. The predicted octanol–water partition coefficient (Wildman–Crippen LogP) is 3.80. The van der Waals surface area contributed by atoms with Crippen LogP contribution in [0.5, 0.6) is 0 Å². The molecular weight excluding hydrogens is 194 g/mol. The van der Waals surface area contributed by atoms with Gasteiger partial charge in [-0.3, -0.25) is 4.98 Å². The molecule has 0 unspecified atom stereocenters. The van der Waals surface area contributed by atoms with E-state index in [0.717, 1.165) is 17.0 Å². The second-order valence-corrected chi connectivity index (χ2v) is 3.31. The van der Waals surface area contributed by atoms with Gasteiger partial charge in [-0.15, -0.1) is 0 Å². The second kappa shape index (κ2) is 4.77. The first-order valence-electron chi connectivity index (χ1n) is 4.27. The highest BCUT2D eigenvalue weighted by atomic mass is 35.5. The molecule has 0 saturated heterocycles. The second-order valence-electron chi connectivity index (χ2n) is 2.87. The van der Waals surface area contributed by atoms with Crippen LogP contribution in [0.1, 0.15) is 11.4 Å². The Labute approximate surface area is 89.4 Å². The Morgan fingerprint density at radius 1 is 1.43 bits per heavy atom. The summed E-state index contributed by atoms with van der Waals surface area (Å²) in [4.78, 5) is 4.35. The van der Waals surface area contributed by atoms with E-state index in [1.54, 1.807) is 12.2 Å². The standard InChI is InChI=1S/C12H12ClN/c1-4-6-10(5-2)12-8-11(13)7-9(3)14-12/h4-8H,1-2H2,3H3/b10-6+. The highest BCUT2D eigenvalue weighted by molar-refractivity contribution is 6.30. The smallest absolute Gasteiger partial charge is 0.0719 e. The minimum atomic E-state index is 0.685. The van der Waals surface area contributed by atoms with E-state index in [1.165, 1.54) is 0 Å². The van der Waals surface area contributed by atoms with E-state index in [9.17, 15) is 0 Å². The highest BCUT2D eigenvalue weighted by Crippen LogP contribution is 2.18. The Morgan fingerprint density at radius 2 is 2.14 bits per heavy atom. The van der Waals surface area contributed by atoms with Crippen LogP contribution in [0.25, 0.3) is 5.57 Å². The average Bonchev–Trinajstić information content (AvgIpc) is 2.12.